The van der Waals surface area contributed by atoms with Crippen LogP contribution in [-0.2, 0) is 16.6 Å². The minimum absolute atomic E-state index is 0.0527. The lowest BCUT2D eigenvalue weighted by Crippen LogP contribution is -2.25. The SMILES string of the molecule is C#CC(CC)NCc1ccc(S(N)(=O)=O)o1. The van der Waals surface area contributed by atoms with Crippen molar-refractivity contribution in [1.82, 2.24) is 5.32 Å². The van der Waals surface area contributed by atoms with Gasteiger partial charge in [-0.05, 0) is 18.6 Å². The van der Waals surface area contributed by atoms with Crippen LogP contribution in [0.4, 0.5) is 0 Å². The lowest BCUT2D eigenvalue weighted by molar-refractivity contribution is 0.397. The zero-order valence-corrected chi connectivity index (χ0v) is 9.75. The first-order chi connectivity index (χ1) is 7.47. The molecular formula is C10H14N2O3S. The van der Waals surface area contributed by atoms with E-state index in [4.69, 9.17) is 16.0 Å². The van der Waals surface area contributed by atoms with Crippen molar-refractivity contribution in [2.45, 2.75) is 31.0 Å². The van der Waals surface area contributed by atoms with E-state index in [0.29, 0.717) is 12.3 Å². The number of nitrogens with one attached hydrogen (secondary N) is 1. The molecule has 1 rings (SSSR count). The van der Waals surface area contributed by atoms with Crippen molar-refractivity contribution < 1.29 is 12.8 Å². The van der Waals surface area contributed by atoms with Crippen LogP contribution in [0.3, 0.4) is 0 Å². The number of nitrogens with two attached hydrogens (primary N) is 1. The fourth-order valence-electron chi connectivity index (χ4n) is 1.15. The molecule has 0 saturated carbocycles. The third kappa shape index (κ3) is 3.38. The minimum Gasteiger partial charge on any atom is -0.447 e. The zero-order valence-electron chi connectivity index (χ0n) is 8.93. The number of rotatable bonds is 5. The highest BCUT2D eigenvalue weighted by atomic mass is 32.2. The summed E-state index contributed by atoms with van der Waals surface area (Å²) in [5, 5.41) is 7.70. The Morgan fingerprint density at radius 3 is 2.75 bits per heavy atom. The average molecular weight is 242 g/mol. The molecule has 16 heavy (non-hydrogen) atoms. The molecule has 1 unspecified atom stereocenters. The van der Waals surface area contributed by atoms with Gasteiger partial charge in [0.1, 0.15) is 5.76 Å². The Balaban J connectivity index is 2.64. The van der Waals surface area contributed by atoms with Gasteiger partial charge in [-0.1, -0.05) is 12.8 Å². The second kappa shape index (κ2) is 5.16. The number of furan rings is 1. The van der Waals surface area contributed by atoms with E-state index in [0.717, 1.165) is 6.42 Å². The molecule has 0 spiro atoms. The largest absolute Gasteiger partial charge is 0.447 e. The summed E-state index contributed by atoms with van der Waals surface area (Å²) in [6, 6.07) is 2.82. The van der Waals surface area contributed by atoms with E-state index in [-0.39, 0.29) is 11.1 Å². The summed E-state index contributed by atoms with van der Waals surface area (Å²) in [7, 11) is -3.77. The van der Waals surface area contributed by atoms with Crippen molar-refractivity contribution in [3.63, 3.8) is 0 Å². The van der Waals surface area contributed by atoms with Crippen LogP contribution in [0.15, 0.2) is 21.6 Å². The number of hydrogen-bond acceptors (Lipinski definition) is 4. The molecule has 0 radical (unpaired) electrons. The van der Waals surface area contributed by atoms with Crippen LogP contribution in [0.25, 0.3) is 0 Å². The van der Waals surface area contributed by atoms with Crippen LogP contribution in [0.5, 0.6) is 0 Å². The Morgan fingerprint density at radius 1 is 1.62 bits per heavy atom. The Morgan fingerprint density at radius 2 is 2.31 bits per heavy atom. The molecule has 1 aromatic rings. The van der Waals surface area contributed by atoms with Gasteiger partial charge in [0.2, 0.25) is 5.09 Å². The molecule has 0 aliphatic heterocycles. The Hall–Kier alpha value is -1.29. The van der Waals surface area contributed by atoms with Gasteiger partial charge in [0, 0.05) is 0 Å². The lowest BCUT2D eigenvalue weighted by atomic mass is 10.2. The molecule has 88 valence electrons. The van der Waals surface area contributed by atoms with Crippen LogP contribution in [0, 0.1) is 12.3 Å². The summed E-state index contributed by atoms with van der Waals surface area (Å²) in [4.78, 5) is 0. The lowest BCUT2D eigenvalue weighted by Gasteiger charge is -2.08. The van der Waals surface area contributed by atoms with E-state index in [2.05, 4.69) is 11.2 Å². The van der Waals surface area contributed by atoms with E-state index in [9.17, 15) is 8.42 Å². The van der Waals surface area contributed by atoms with E-state index >= 15 is 0 Å². The van der Waals surface area contributed by atoms with Gasteiger partial charge in [-0.3, -0.25) is 5.32 Å². The van der Waals surface area contributed by atoms with Gasteiger partial charge in [-0.2, -0.15) is 0 Å². The van der Waals surface area contributed by atoms with Crippen LogP contribution in [-0.4, -0.2) is 14.5 Å². The molecule has 0 aromatic carbocycles. The van der Waals surface area contributed by atoms with Crippen molar-refractivity contribution >= 4 is 10.0 Å². The average Bonchev–Trinajstić information content (AvgIpc) is 2.67. The minimum atomic E-state index is -3.77. The molecule has 3 N–H and O–H groups in total. The number of primary sulfonamides is 1. The van der Waals surface area contributed by atoms with Crippen molar-refractivity contribution in [1.29, 1.82) is 0 Å². The van der Waals surface area contributed by atoms with Gasteiger partial charge in [0.25, 0.3) is 10.0 Å². The standard InChI is InChI=1S/C10H14N2O3S/c1-3-8(4-2)12-7-9-5-6-10(15-9)16(11,13)14/h1,5-6,8,12H,4,7H2,2H3,(H2,11,13,14). The second-order valence-corrected chi connectivity index (χ2v) is 4.77. The summed E-state index contributed by atoms with van der Waals surface area (Å²) in [5.74, 6) is 3.05. The van der Waals surface area contributed by atoms with Crippen molar-refractivity contribution in [3.8, 4) is 12.3 Å². The Bertz CT molecular complexity index is 484. The second-order valence-electron chi connectivity index (χ2n) is 3.27. The zero-order chi connectivity index (χ0) is 12.2. The Kier molecular flexibility index (Phi) is 4.12. The molecule has 0 aliphatic carbocycles. The van der Waals surface area contributed by atoms with Gasteiger partial charge in [-0.25, -0.2) is 13.6 Å². The van der Waals surface area contributed by atoms with Gasteiger partial charge in [0.05, 0.1) is 12.6 Å². The highest BCUT2D eigenvalue weighted by molar-refractivity contribution is 7.89. The monoisotopic (exact) mass is 242 g/mol. The number of terminal acetylenes is 1. The molecule has 5 nitrogen and oxygen atoms in total. The molecule has 1 aromatic heterocycles. The third-order valence-electron chi connectivity index (χ3n) is 2.05. The smallest absolute Gasteiger partial charge is 0.271 e. The summed E-state index contributed by atoms with van der Waals surface area (Å²) < 4.78 is 26.9. The van der Waals surface area contributed by atoms with Gasteiger partial charge >= 0.3 is 0 Å². The van der Waals surface area contributed by atoms with Crippen LogP contribution >= 0.6 is 0 Å². The Labute approximate surface area is 95.1 Å². The maximum Gasteiger partial charge on any atom is 0.271 e. The first-order valence-electron chi connectivity index (χ1n) is 4.78. The summed E-state index contributed by atoms with van der Waals surface area (Å²) in [6.07, 6.45) is 6.05. The van der Waals surface area contributed by atoms with Gasteiger partial charge < -0.3 is 4.42 Å². The highest BCUT2D eigenvalue weighted by Crippen LogP contribution is 2.12. The first-order valence-corrected chi connectivity index (χ1v) is 6.33. The summed E-state index contributed by atoms with van der Waals surface area (Å²) in [6.45, 7) is 2.33. The van der Waals surface area contributed by atoms with E-state index < -0.39 is 10.0 Å². The van der Waals surface area contributed by atoms with Gasteiger partial charge in [0.15, 0.2) is 0 Å². The third-order valence-corrected chi connectivity index (χ3v) is 2.83. The summed E-state index contributed by atoms with van der Waals surface area (Å²) in [5.41, 5.74) is 0. The van der Waals surface area contributed by atoms with Crippen molar-refractivity contribution in [3.05, 3.63) is 17.9 Å². The molecule has 1 atom stereocenters. The predicted molar refractivity (Wildman–Crippen MR) is 59.8 cm³/mol. The normalized spacial score (nSPS) is 13.3. The molecule has 6 heteroatoms. The molecule has 0 aliphatic rings. The first kappa shape index (κ1) is 12.8. The van der Waals surface area contributed by atoms with Crippen molar-refractivity contribution in [2.24, 2.45) is 5.14 Å². The highest BCUT2D eigenvalue weighted by Gasteiger charge is 2.13. The fourth-order valence-corrected chi connectivity index (χ4v) is 1.63. The molecule has 0 saturated heterocycles. The molecule has 0 fully saturated rings. The summed E-state index contributed by atoms with van der Waals surface area (Å²) >= 11 is 0. The molecular weight excluding hydrogens is 228 g/mol. The maximum absolute atomic E-state index is 10.9. The molecule has 1 heterocycles. The van der Waals surface area contributed by atoms with E-state index in [1.807, 2.05) is 6.92 Å². The van der Waals surface area contributed by atoms with E-state index in [1.165, 1.54) is 6.07 Å². The molecule has 0 amide bonds. The number of sulfonamides is 1. The van der Waals surface area contributed by atoms with Crippen LogP contribution in [0.2, 0.25) is 0 Å². The predicted octanol–water partition coefficient (Wildman–Crippen LogP) is 0.428. The topological polar surface area (TPSA) is 85.3 Å². The fraction of sp³-hybridized carbons (Fsp3) is 0.400. The maximum atomic E-state index is 10.9. The quantitative estimate of drug-likeness (QED) is 0.733. The van der Waals surface area contributed by atoms with E-state index in [1.54, 1.807) is 6.07 Å². The van der Waals surface area contributed by atoms with Crippen LogP contribution < -0.4 is 10.5 Å². The van der Waals surface area contributed by atoms with Crippen molar-refractivity contribution in [2.75, 3.05) is 0 Å². The number of hydrogen-bond donors (Lipinski definition) is 2. The molecule has 0 bridgehead atoms. The van der Waals surface area contributed by atoms with Gasteiger partial charge in [-0.15, -0.1) is 6.42 Å². The van der Waals surface area contributed by atoms with Crippen LogP contribution in [0.1, 0.15) is 19.1 Å².